The number of carbonyl (C=O) groups is 2. The molecule has 0 saturated carbocycles. The third-order valence-electron chi connectivity index (χ3n) is 2.30. The average Bonchev–Trinajstić information content (AvgIpc) is 2.85. The summed E-state index contributed by atoms with van der Waals surface area (Å²) >= 11 is 0. The van der Waals surface area contributed by atoms with Gasteiger partial charge in [-0.15, -0.1) is 0 Å². The molecular formula is C12H9NO5. The first-order valence-electron chi connectivity index (χ1n) is 4.98. The van der Waals surface area contributed by atoms with Crippen LogP contribution in [0.1, 0.15) is 20.7 Å². The first-order chi connectivity index (χ1) is 8.59. The molecule has 0 bridgehead atoms. The molecule has 2 rings (SSSR count). The summed E-state index contributed by atoms with van der Waals surface area (Å²) in [7, 11) is 0. The number of anilines is 1. The van der Waals surface area contributed by atoms with Crippen LogP contribution in [0.5, 0.6) is 5.75 Å². The second-order valence-corrected chi connectivity index (χ2v) is 3.47. The molecule has 0 unspecified atom stereocenters. The number of rotatable bonds is 3. The summed E-state index contributed by atoms with van der Waals surface area (Å²) in [6, 6.07) is 5.52. The van der Waals surface area contributed by atoms with Crippen LogP contribution in [-0.2, 0) is 0 Å². The van der Waals surface area contributed by atoms with Crippen molar-refractivity contribution in [2.45, 2.75) is 0 Å². The van der Waals surface area contributed by atoms with E-state index in [1.165, 1.54) is 36.8 Å². The van der Waals surface area contributed by atoms with E-state index in [9.17, 15) is 14.7 Å². The van der Waals surface area contributed by atoms with Crippen molar-refractivity contribution in [2.24, 2.45) is 0 Å². The van der Waals surface area contributed by atoms with Gasteiger partial charge in [-0.25, -0.2) is 4.79 Å². The minimum Gasteiger partial charge on any atom is -0.505 e. The molecule has 0 aliphatic carbocycles. The van der Waals surface area contributed by atoms with E-state index in [2.05, 4.69) is 5.32 Å². The molecule has 3 N–H and O–H groups in total. The Kier molecular flexibility index (Phi) is 3.01. The van der Waals surface area contributed by atoms with Gasteiger partial charge in [-0.3, -0.25) is 4.79 Å². The van der Waals surface area contributed by atoms with Crippen LogP contribution in [0.2, 0.25) is 0 Å². The maximum atomic E-state index is 11.7. The highest BCUT2D eigenvalue weighted by Gasteiger charge is 2.15. The van der Waals surface area contributed by atoms with Gasteiger partial charge in [0.05, 0.1) is 17.5 Å². The zero-order valence-corrected chi connectivity index (χ0v) is 9.08. The van der Waals surface area contributed by atoms with Crippen molar-refractivity contribution in [1.29, 1.82) is 0 Å². The van der Waals surface area contributed by atoms with E-state index in [1.54, 1.807) is 0 Å². The Morgan fingerprint density at radius 2 is 2.00 bits per heavy atom. The quantitative estimate of drug-likeness (QED) is 0.719. The molecule has 1 aromatic heterocycles. The Labute approximate surface area is 101 Å². The molecule has 0 aliphatic heterocycles. The van der Waals surface area contributed by atoms with Gasteiger partial charge < -0.3 is 19.9 Å². The molecule has 0 radical (unpaired) electrons. The summed E-state index contributed by atoms with van der Waals surface area (Å²) in [5, 5.41) is 20.9. The van der Waals surface area contributed by atoms with Crippen molar-refractivity contribution in [2.75, 3.05) is 5.32 Å². The number of furan rings is 1. The van der Waals surface area contributed by atoms with Crippen LogP contribution >= 0.6 is 0 Å². The van der Waals surface area contributed by atoms with Gasteiger partial charge in [0.15, 0.2) is 5.75 Å². The van der Waals surface area contributed by atoms with Crippen LogP contribution < -0.4 is 5.32 Å². The molecule has 1 amide bonds. The lowest BCUT2D eigenvalue weighted by Crippen LogP contribution is -2.11. The molecule has 6 heteroatoms. The lowest BCUT2D eigenvalue weighted by atomic mass is 10.1. The van der Waals surface area contributed by atoms with Crippen molar-refractivity contribution in [3.8, 4) is 5.75 Å². The normalized spacial score (nSPS) is 10.0. The monoisotopic (exact) mass is 247 g/mol. The van der Waals surface area contributed by atoms with Crippen LogP contribution in [0, 0.1) is 0 Å². The lowest BCUT2D eigenvalue weighted by Gasteiger charge is -2.07. The van der Waals surface area contributed by atoms with Crippen LogP contribution in [0.3, 0.4) is 0 Å². The summed E-state index contributed by atoms with van der Waals surface area (Å²) in [5.41, 5.74) is 0.0243. The van der Waals surface area contributed by atoms with E-state index in [0.29, 0.717) is 0 Å². The van der Waals surface area contributed by atoms with Gasteiger partial charge in [0.25, 0.3) is 5.91 Å². The van der Waals surface area contributed by atoms with E-state index in [1.807, 2.05) is 0 Å². The van der Waals surface area contributed by atoms with Gasteiger partial charge in [0.1, 0.15) is 11.8 Å². The Morgan fingerprint density at radius 1 is 1.22 bits per heavy atom. The zero-order chi connectivity index (χ0) is 13.1. The van der Waals surface area contributed by atoms with Gasteiger partial charge in [0, 0.05) is 0 Å². The first-order valence-corrected chi connectivity index (χ1v) is 4.98. The second-order valence-electron chi connectivity index (χ2n) is 3.47. The van der Waals surface area contributed by atoms with E-state index in [0.717, 1.165) is 0 Å². The van der Waals surface area contributed by atoms with E-state index >= 15 is 0 Å². The Bertz CT molecular complexity index is 589. The summed E-state index contributed by atoms with van der Waals surface area (Å²) in [5.74, 6) is -2.25. The predicted octanol–water partition coefficient (Wildman–Crippen LogP) is 1.94. The third kappa shape index (κ3) is 2.17. The number of carbonyl (C=O) groups excluding carboxylic acids is 1. The van der Waals surface area contributed by atoms with E-state index < -0.39 is 17.6 Å². The molecule has 92 valence electrons. The van der Waals surface area contributed by atoms with Gasteiger partial charge in [-0.05, 0) is 18.2 Å². The van der Waals surface area contributed by atoms with E-state index in [4.69, 9.17) is 9.52 Å². The fourth-order valence-electron chi connectivity index (χ4n) is 1.41. The molecule has 0 aliphatic rings. The number of phenols is 1. The average molecular weight is 247 g/mol. The molecule has 1 aromatic carbocycles. The maximum Gasteiger partial charge on any atom is 0.339 e. The number of amides is 1. The molecule has 18 heavy (non-hydrogen) atoms. The summed E-state index contributed by atoms with van der Waals surface area (Å²) in [6.07, 6.45) is 2.58. The number of nitrogens with one attached hydrogen (secondary N) is 1. The molecule has 1 heterocycles. The highest BCUT2D eigenvalue weighted by Crippen LogP contribution is 2.27. The molecule has 0 fully saturated rings. The highest BCUT2D eigenvalue weighted by molar-refractivity contribution is 6.06. The molecular weight excluding hydrogens is 238 g/mol. The fourth-order valence-corrected chi connectivity index (χ4v) is 1.41. The van der Waals surface area contributed by atoms with Crippen LogP contribution in [0.15, 0.2) is 41.2 Å². The summed E-state index contributed by atoms with van der Waals surface area (Å²) in [4.78, 5) is 22.5. The smallest absolute Gasteiger partial charge is 0.339 e. The van der Waals surface area contributed by atoms with Crippen molar-refractivity contribution < 1.29 is 24.2 Å². The van der Waals surface area contributed by atoms with Gasteiger partial charge >= 0.3 is 5.97 Å². The van der Waals surface area contributed by atoms with Crippen molar-refractivity contribution in [3.05, 3.63) is 47.9 Å². The Morgan fingerprint density at radius 3 is 2.61 bits per heavy atom. The second kappa shape index (κ2) is 4.62. The van der Waals surface area contributed by atoms with E-state index in [-0.39, 0.29) is 16.8 Å². The molecule has 0 atom stereocenters. The van der Waals surface area contributed by atoms with Crippen molar-refractivity contribution in [3.63, 3.8) is 0 Å². The molecule has 2 aromatic rings. The minimum absolute atomic E-state index is 0.0288. The Balaban J connectivity index is 2.27. The van der Waals surface area contributed by atoms with Crippen molar-refractivity contribution in [1.82, 2.24) is 0 Å². The summed E-state index contributed by atoms with van der Waals surface area (Å²) in [6.45, 7) is 0. The minimum atomic E-state index is -1.27. The topological polar surface area (TPSA) is 99.8 Å². The molecule has 0 saturated heterocycles. The number of hydrogen-bond donors (Lipinski definition) is 3. The van der Waals surface area contributed by atoms with Crippen LogP contribution in [0.25, 0.3) is 0 Å². The number of carboxylic acid groups (broad SMARTS) is 1. The Hall–Kier alpha value is -2.76. The third-order valence-corrected chi connectivity index (χ3v) is 2.30. The van der Waals surface area contributed by atoms with Gasteiger partial charge in [-0.2, -0.15) is 0 Å². The number of benzene rings is 1. The number of hydrogen-bond acceptors (Lipinski definition) is 4. The zero-order valence-electron chi connectivity index (χ0n) is 9.08. The van der Waals surface area contributed by atoms with Gasteiger partial charge in [-0.1, -0.05) is 6.07 Å². The number of carboxylic acids is 1. The lowest BCUT2D eigenvalue weighted by molar-refractivity contribution is 0.0693. The highest BCUT2D eigenvalue weighted by atomic mass is 16.4. The first kappa shape index (κ1) is 11.7. The van der Waals surface area contributed by atoms with Crippen molar-refractivity contribution >= 4 is 17.6 Å². The largest absolute Gasteiger partial charge is 0.505 e. The summed E-state index contributed by atoms with van der Waals surface area (Å²) < 4.78 is 4.75. The fraction of sp³-hybridized carbons (Fsp3) is 0. The predicted molar refractivity (Wildman–Crippen MR) is 61.7 cm³/mol. The van der Waals surface area contributed by atoms with Crippen LogP contribution in [-0.4, -0.2) is 22.1 Å². The van der Waals surface area contributed by atoms with Crippen LogP contribution in [0.4, 0.5) is 5.69 Å². The number of para-hydroxylation sites is 1. The molecule has 0 spiro atoms. The maximum absolute atomic E-state index is 11.7. The van der Waals surface area contributed by atoms with Gasteiger partial charge in [0.2, 0.25) is 0 Å². The standard InChI is InChI=1S/C12H9NO5/c14-10-8(12(16)17)2-1-3-9(10)13-11(15)7-4-5-18-6-7/h1-6,14H,(H,13,15)(H,16,17). The number of aromatic hydroxyl groups is 1. The molecule has 6 nitrogen and oxygen atoms in total. The SMILES string of the molecule is O=C(Nc1cccc(C(=O)O)c1O)c1ccoc1. The number of aromatic carboxylic acids is 1.